The molecule has 0 saturated carbocycles. The lowest BCUT2D eigenvalue weighted by atomic mass is 10.1. The number of aromatic nitrogens is 1. The van der Waals surface area contributed by atoms with Gasteiger partial charge in [0.2, 0.25) is 0 Å². The smallest absolute Gasteiger partial charge is 0.293 e. The van der Waals surface area contributed by atoms with Gasteiger partial charge in [0, 0.05) is 12.7 Å². The summed E-state index contributed by atoms with van der Waals surface area (Å²) in [6.07, 6.45) is -4.49. The molecule has 2 atom stereocenters. The van der Waals surface area contributed by atoms with Crippen molar-refractivity contribution in [3.63, 3.8) is 0 Å². The molecule has 3 nitrogen and oxygen atoms in total. The lowest BCUT2D eigenvalue weighted by molar-refractivity contribution is -0.137. The SMILES string of the molecule is [2H]C1=C(C)C(C)C([2H])N1Nc1cc(C(F)(F)F)cc(Cl)n1. The third kappa shape index (κ3) is 3.32. The van der Waals surface area contributed by atoms with Gasteiger partial charge in [0.15, 0.2) is 0 Å². The second kappa shape index (κ2) is 4.92. The van der Waals surface area contributed by atoms with E-state index >= 15 is 0 Å². The van der Waals surface area contributed by atoms with Gasteiger partial charge in [-0.05, 0) is 25.0 Å². The zero-order valence-corrected chi connectivity index (χ0v) is 11.0. The highest BCUT2D eigenvalue weighted by molar-refractivity contribution is 6.29. The van der Waals surface area contributed by atoms with Crippen LogP contribution in [0.2, 0.25) is 5.15 Å². The summed E-state index contributed by atoms with van der Waals surface area (Å²) in [5.41, 5.74) is 2.30. The van der Waals surface area contributed by atoms with E-state index in [1.807, 2.05) is 0 Å². The van der Waals surface area contributed by atoms with E-state index in [0.29, 0.717) is 5.57 Å². The van der Waals surface area contributed by atoms with E-state index in [9.17, 15) is 13.2 Å². The van der Waals surface area contributed by atoms with Gasteiger partial charge < -0.3 is 0 Å². The highest BCUT2D eigenvalue weighted by atomic mass is 35.5. The van der Waals surface area contributed by atoms with Crippen molar-refractivity contribution < 1.29 is 15.9 Å². The molecule has 0 spiro atoms. The molecule has 2 rings (SSSR count). The van der Waals surface area contributed by atoms with Crippen molar-refractivity contribution >= 4 is 17.4 Å². The Hall–Kier alpha value is -1.43. The molecule has 2 unspecified atom stereocenters. The largest absolute Gasteiger partial charge is 0.416 e. The molecule has 0 radical (unpaired) electrons. The van der Waals surface area contributed by atoms with E-state index in [4.69, 9.17) is 14.3 Å². The highest BCUT2D eigenvalue weighted by Crippen LogP contribution is 2.32. The van der Waals surface area contributed by atoms with E-state index in [-0.39, 0.29) is 23.1 Å². The van der Waals surface area contributed by atoms with Crippen molar-refractivity contribution in [1.29, 1.82) is 0 Å². The van der Waals surface area contributed by atoms with Crippen LogP contribution < -0.4 is 5.43 Å². The number of nitrogens with zero attached hydrogens (tertiary/aromatic N) is 2. The van der Waals surface area contributed by atoms with Crippen LogP contribution in [0.1, 0.15) is 22.2 Å². The number of hydrazine groups is 1. The third-order valence-corrected chi connectivity index (χ3v) is 2.90. The molecule has 0 saturated heterocycles. The zero-order chi connectivity index (χ0) is 15.9. The van der Waals surface area contributed by atoms with Crippen molar-refractivity contribution in [3.8, 4) is 0 Å². The van der Waals surface area contributed by atoms with Crippen molar-refractivity contribution in [2.75, 3.05) is 11.9 Å². The number of pyridine rings is 1. The minimum atomic E-state index is -4.54. The molecule has 0 aliphatic carbocycles. The van der Waals surface area contributed by atoms with Crippen molar-refractivity contribution in [2.45, 2.75) is 20.0 Å². The van der Waals surface area contributed by atoms with E-state index in [1.165, 1.54) is 5.01 Å². The Balaban J connectivity index is 2.31. The van der Waals surface area contributed by atoms with Crippen LogP contribution in [0.3, 0.4) is 0 Å². The van der Waals surface area contributed by atoms with Gasteiger partial charge in [0.25, 0.3) is 0 Å². The fourth-order valence-corrected chi connectivity index (χ4v) is 1.78. The Bertz CT molecular complexity index is 592. The number of alkyl halides is 3. The molecule has 1 aromatic rings. The van der Waals surface area contributed by atoms with Crippen LogP contribution in [0.15, 0.2) is 23.9 Å². The van der Waals surface area contributed by atoms with E-state index in [2.05, 4.69) is 10.4 Å². The highest BCUT2D eigenvalue weighted by Gasteiger charge is 2.31. The summed E-state index contributed by atoms with van der Waals surface area (Å²) in [4.78, 5) is 3.75. The predicted octanol–water partition coefficient (Wildman–Crippen LogP) is 3.94. The molecule has 1 aromatic heterocycles. The molecule has 7 heteroatoms. The molecular formula is C12H13ClF3N3. The van der Waals surface area contributed by atoms with E-state index < -0.39 is 18.3 Å². The fourth-order valence-electron chi connectivity index (χ4n) is 1.57. The monoisotopic (exact) mass is 293 g/mol. The van der Waals surface area contributed by atoms with E-state index in [0.717, 1.165) is 12.1 Å². The van der Waals surface area contributed by atoms with Crippen LogP contribution >= 0.6 is 11.6 Å². The minimum absolute atomic E-state index is 0.0536. The predicted molar refractivity (Wildman–Crippen MR) is 67.5 cm³/mol. The van der Waals surface area contributed by atoms with Gasteiger partial charge in [-0.15, -0.1) is 0 Å². The summed E-state index contributed by atoms with van der Waals surface area (Å²) in [5, 5.41) is 0.854. The maximum absolute atomic E-state index is 12.7. The average molecular weight is 294 g/mol. The Morgan fingerprint density at radius 1 is 1.58 bits per heavy atom. The van der Waals surface area contributed by atoms with Gasteiger partial charge in [-0.2, -0.15) is 13.2 Å². The summed E-state index contributed by atoms with van der Waals surface area (Å²) in [5.74, 6) is -0.356. The Morgan fingerprint density at radius 2 is 2.26 bits per heavy atom. The lowest BCUT2D eigenvalue weighted by Crippen LogP contribution is -2.25. The van der Waals surface area contributed by atoms with Crippen LogP contribution in [-0.2, 0) is 6.18 Å². The summed E-state index contributed by atoms with van der Waals surface area (Å²) < 4.78 is 54.0. The van der Waals surface area contributed by atoms with Crippen molar-refractivity contribution in [3.05, 3.63) is 34.6 Å². The molecule has 2 heterocycles. The van der Waals surface area contributed by atoms with Crippen LogP contribution in [-0.4, -0.2) is 16.5 Å². The quantitative estimate of drug-likeness (QED) is 0.837. The van der Waals surface area contributed by atoms with Crippen LogP contribution in [0.25, 0.3) is 0 Å². The van der Waals surface area contributed by atoms with E-state index in [1.54, 1.807) is 13.8 Å². The summed E-state index contributed by atoms with van der Waals surface area (Å²) in [6, 6.07) is 1.52. The molecule has 0 fully saturated rings. The van der Waals surface area contributed by atoms with Gasteiger partial charge in [0.05, 0.1) is 8.30 Å². The standard InChI is InChI=1S/C12H13ClF3N3/c1-7-5-19(6-8(7)2)18-11-4-9(12(14,15)16)3-10(13)17-11/h3-5,8H,6H2,1-2H3,(H,17,18)/i5D,6D. The number of nitrogens with one attached hydrogen (secondary N) is 1. The van der Waals surface area contributed by atoms with Crippen LogP contribution in [0, 0.1) is 5.92 Å². The van der Waals surface area contributed by atoms with Gasteiger partial charge in [-0.3, -0.25) is 10.4 Å². The summed E-state index contributed by atoms with van der Waals surface area (Å²) in [6.45, 7) is 2.67. The van der Waals surface area contributed by atoms with Gasteiger partial charge in [0.1, 0.15) is 11.0 Å². The van der Waals surface area contributed by atoms with Crippen LogP contribution in [0.4, 0.5) is 19.0 Å². The van der Waals surface area contributed by atoms with Gasteiger partial charge in [-0.1, -0.05) is 24.1 Å². The Kier molecular flexibility index (Phi) is 2.95. The first-order valence-corrected chi connectivity index (χ1v) is 5.89. The maximum atomic E-state index is 12.7. The number of hydrogen-bond donors (Lipinski definition) is 1. The molecule has 0 aromatic carbocycles. The number of hydrogen-bond acceptors (Lipinski definition) is 3. The van der Waals surface area contributed by atoms with Crippen molar-refractivity contribution in [1.82, 2.24) is 9.99 Å². The Labute approximate surface area is 116 Å². The molecule has 1 aliphatic heterocycles. The normalized spacial score (nSPS) is 25.5. The number of anilines is 1. The molecule has 19 heavy (non-hydrogen) atoms. The lowest BCUT2D eigenvalue weighted by Gasteiger charge is -2.19. The maximum Gasteiger partial charge on any atom is 0.416 e. The molecule has 0 bridgehead atoms. The third-order valence-electron chi connectivity index (χ3n) is 2.71. The minimum Gasteiger partial charge on any atom is -0.293 e. The van der Waals surface area contributed by atoms with Crippen LogP contribution in [0.5, 0.6) is 0 Å². The average Bonchev–Trinajstić information content (AvgIpc) is 2.55. The second-order valence-corrected chi connectivity index (χ2v) is 4.66. The molecule has 1 aliphatic rings. The number of rotatable bonds is 2. The molecular weight excluding hydrogens is 279 g/mol. The molecule has 0 amide bonds. The number of halogens is 4. The summed E-state index contributed by atoms with van der Waals surface area (Å²) in [7, 11) is 0. The molecule has 1 N–H and O–H groups in total. The second-order valence-electron chi connectivity index (χ2n) is 4.28. The Morgan fingerprint density at radius 3 is 2.79 bits per heavy atom. The molecule has 104 valence electrons. The first kappa shape index (κ1) is 11.4. The summed E-state index contributed by atoms with van der Waals surface area (Å²) >= 11 is 5.60. The fraction of sp³-hybridized carbons (Fsp3) is 0.417. The zero-order valence-electron chi connectivity index (χ0n) is 12.2. The topological polar surface area (TPSA) is 28.2 Å². The van der Waals surface area contributed by atoms with Crippen molar-refractivity contribution in [2.24, 2.45) is 5.92 Å². The first-order valence-electron chi connectivity index (χ1n) is 6.59. The van der Waals surface area contributed by atoms with Gasteiger partial charge in [-0.25, -0.2) is 4.98 Å². The first-order chi connectivity index (χ1) is 9.61. The van der Waals surface area contributed by atoms with Gasteiger partial charge >= 0.3 is 6.18 Å².